The lowest BCUT2D eigenvalue weighted by atomic mass is 9.99. The highest BCUT2D eigenvalue weighted by Gasteiger charge is 2.15. The predicted molar refractivity (Wildman–Crippen MR) is 87.1 cm³/mol. The first-order valence-corrected chi connectivity index (χ1v) is 7.20. The van der Waals surface area contributed by atoms with Crippen LogP contribution in [-0.2, 0) is 6.61 Å². The van der Waals surface area contributed by atoms with Crippen LogP contribution in [-0.4, -0.2) is 16.6 Å². The molecule has 0 saturated heterocycles. The average Bonchev–Trinajstić information content (AvgIpc) is 2.52. The van der Waals surface area contributed by atoms with Crippen LogP contribution >= 0.6 is 0 Å². The van der Waals surface area contributed by atoms with Crippen molar-refractivity contribution >= 4 is 11.4 Å². The van der Waals surface area contributed by atoms with E-state index in [1.54, 1.807) is 12.1 Å². The third kappa shape index (κ3) is 3.83. The van der Waals surface area contributed by atoms with E-state index in [2.05, 4.69) is 24.4 Å². The van der Waals surface area contributed by atoms with Crippen molar-refractivity contribution in [3.63, 3.8) is 0 Å². The van der Waals surface area contributed by atoms with Crippen LogP contribution in [0.25, 0.3) is 0 Å². The van der Waals surface area contributed by atoms with Crippen LogP contribution < -0.4 is 5.32 Å². The highest BCUT2D eigenvalue weighted by Crippen LogP contribution is 2.27. The minimum absolute atomic E-state index is 0.0219. The number of aryl methyl sites for hydroxylation is 1. The molecule has 116 valence electrons. The second-order valence-corrected chi connectivity index (χ2v) is 5.46. The van der Waals surface area contributed by atoms with E-state index in [0.717, 1.165) is 0 Å². The Hall–Kier alpha value is -2.40. The Labute approximate surface area is 129 Å². The van der Waals surface area contributed by atoms with Gasteiger partial charge in [0.2, 0.25) is 0 Å². The number of hydrogen-bond donors (Lipinski definition) is 2. The Bertz CT molecular complexity index is 671. The summed E-state index contributed by atoms with van der Waals surface area (Å²) in [4.78, 5) is 10.7. The van der Waals surface area contributed by atoms with Gasteiger partial charge in [-0.1, -0.05) is 36.8 Å². The molecule has 1 unspecified atom stereocenters. The van der Waals surface area contributed by atoms with Crippen LogP contribution in [0.15, 0.2) is 42.5 Å². The molecule has 0 amide bonds. The minimum atomic E-state index is -0.416. The van der Waals surface area contributed by atoms with Gasteiger partial charge in [-0.2, -0.15) is 0 Å². The van der Waals surface area contributed by atoms with E-state index >= 15 is 0 Å². The minimum Gasteiger partial charge on any atom is -0.392 e. The number of benzene rings is 2. The van der Waals surface area contributed by atoms with Crippen molar-refractivity contribution in [3.05, 3.63) is 69.3 Å². The molecule has 0 aliphatic carbocycles. The molecular weight excluding hydrogens is 280 g/mol. The molecule has 2 aromatic rings. The highest BCUT2D eigenvalue weighted by atomic mass is 16.6. The number of nitro groups is 1. The number of nitrogens with one attached hydrogen (secondary N) is 1. The van der Waals surface area contributed by atoms with Gasteiger partial charge in [-0.15, -0.1) is 0 Å². The quantitative estimate of drug-likeness (QED) is 0.631. The van der Waals surface area contributed by atoms with Gasteiger partial charge < -0.3 is 10.4 Å². The van der Waals surface area contributed by atoms with Gasteiger partial charge in [-0.25, -0.2) is 0 Å². The van der Waals surface area contributed by atoms with Crippen molar-refractivity contribution in [2.45, 2.75) is 26.4 Å². The zero-order chi connectivity index (χ0) is 16.1. The first kappa shape index (κ1) is 16.0. The highest BCUT2D eigenvalue weighted by molar-refractivity contribution is 5.62. The van der Waals surface area contributed by atoms with Gasteiger partial charge in [0.25, 0.3) is 5.69 Å². The maximum absolute atomic E-state index is 11.1. The summed E-state index contributed by atoms with van der Waals surface area (Å²) in [5, 5.41) is 23.4. The van der Waals surface area contributed by atoms with Gasteiger partial charge in [-0.05, 0) is 36.1 Å². The van der Waals surface area contributed by atoms with Gasteiger partial charge in [0.05, 0.1) is 11.5 Å². The van der Waals surface area contributed by atoms with Crippen LogP contribution in [0.3, 0.4) is 0 Å². The fourth-order valence-corrected chi connectivity index (χ4v) is 2.34. The first-order chi connectivity index (χ1) is 10.5. The number of aliphatic hydroxyl groups excluding tert-OH is 1. The monoisotopic (exact) mass is 300 g/mol. The lowest BCUT2D eigenvalue weighted by Gasteiger charge is -2.15. The zero-order valence-corrected chi connectivity index (χ0v) is 12.7. The molecule has 0 spiro atoms. The van der Waals surface area contributed by atoms with Crippen molar-refractivity contribution in [1.82, 2.24) is 0 Å². The Morgan fingerprint density at radius 2 is 2.05 bits per heavy atom. The summed E-state index contributed by atoms with van der Waals surface area (Å²) < 4.78 is 0. The maximum atomic E-state index is 11.1. The van der Waals surface area contributed by atoms with E-state index < -0.39 is 4.92 Å². The zero-order valence-electron chi connectivity index (χ0n) is 12.7. The molecule has 0 radical (unpaired) electrons. The molecule has 0 aliphatic rings. The van der Waals surface area contributed by atoms with E-state index in [4.69, 9.17) is 0 Å². The lowest BCUT2D eigenvalue weighted by molar-refractivity contribution is -0.384. The fourth-order valence-electron chi connectivity index (χ4n) is 2.34. The second-order valence-electron chi connectivity index (χ2n) is 5.46. The lowest BCUT2D eigenvalue weighted by Crippen LogP contribution is -2.11. The SMILES string of the molecule is Cc1cccc(C(C)CNc2cc(CO)ccc2[N+](=O)[O-])c1. The smallest absolute Gasteiger partial charge is 0.292 e. The van der Waals surface area contributed by atoms with Crippen LogP contribution in [0.4, 0.5) is 11.4 Å². The topological polar surface area (TPSA) is 75.4 Å². The van der Waals surface area contributed by atoms with Crippen LogP contribution in [0, 0.1) is 17.0 Å². The number of anilines is 1. The molecular formula is C17H20N2O3. The molecule has 0 aliphatic heterocycles. The Morgan fingerprint density at radius 3 is 2.68 bits per heavy atom. The summed E-state index contributed by atoms with van der Waals surface area (Å²) in [6.07, 6.45) is 0. The molecule has 5 heteroatoms. The normalized spacial score (nSPS) is 12.0. The molecule has 2 aromatic carbocycles. The first-order valence-electron chi connectivity index (χ1n) is 7.20. The fraction of sp³-hybridized carbons (Fsp3) is 0.294. The van der Waals surface area contributed by atoms with Gasteiger partial charge in [0.1, 0.15) is 5.69 Å². The van der Waals surface area contributed by atoms with E-state index in [1.165, 1.54) is 17.2 Å². The summed E-state index contributed by atoms with van der Waals surface area (Å²) in [7, 11) is 0. The summed E-state index contributed by atoms with van der Waals surface area (Å²) >= 11 is 0. The molecule has 5 nitrogen and oxygen atoms in total. The molecule has 22 heavy (non-hydrogen) atoms. The van der Waals surface area contributed by atoms with E-state index in [-0.39, 0.29) is 18.2 Å². The number of aliphatic hydroxyl groups is 1. The van der Waals surface area contributed by atoms with Gasteiger partial charge >= 0.3 is 0 Å². The molecule has 0 heterocycles. The third-order valence-corrected chi connectivity index (χ3v) is 3.65. The number of nitro benzene ring substituents is 1. The second kappa shape index (κ2) is 7.04. The summed E-state index contributed by atoms with van der Waals surface area (Å²) in [5.74, 6) is 0.220. The van der Waals surface area contributed by atoms with Crippen LogP contribution in [0.1, 0.15) is 29.5 Å². The van der Waals surface area contributed by atoms with Crippen molar-refractivity contribution in [2.24, 2.45) is 0 Å². The molecule has 0 aromatic heterocycles. The van der Waals surface area contributed by atoms with Gasteiger partial charge in [0.15, 0.2) is 0 Å². The average molecular weight is 300 g/mol. The predicted octanol–water partition coefficient (Wildman–Crippen LogP) is 3.61. The van der Waals surface area contributed by atoms with Crippen LogP contribution in [0.5, 0.6) is 0 Å². The van der Waals surface area contributed by atoms with Crippen molar-refractivity contribution in [3.8, 4) is 0 Å². The van der Waals surface area contributed by atoms with Gasteiger partial charge in [-0.3, -0.25) is 10.1 Å². The van der Waals surface area contributed by atoms with E-state index in [1.807, 2.05) is 19.1 Å². The molecule has 2 rings (SSSR count). The molecule has 0 saturated carbocycles. The summed E-state index contributed by atoms with van der Waals surface area (Å²) in [6, 6.07) is 12.8. The van der Waals surface area contributed by atoms with Crippen molar-refractivity contribution < 1.29 is 10.0 Å². The van der Waals surface area contributed by atoms with Gasteiger partial charge in [0, 0.05) is 12.6 Å². The summed E-state index contributed by atoms with van der Waals surface area (Å²) in [6.45, 7) is 4.56. The summed E-state index contributed by atoms with van der Waals surface area (Å²) in [5.41, 5.74) is 3.49. The largest absolute Gasteiger partial charge is 0.392 e. The number of rotatable bonds is 6. The molecule has 2 N–H and O–H groups in total. The van der Waals surface area contributed by atoms with Crippen LogP contribution in [0.2, 0.25) is 0 Å². The Balaban J connectivity index is 2.15. The third-order valence-electron chi connectivity index (χ3n) is 3.65. The van der Waals surface area contributed by atoms with E-state index in [0.29, 0.717) is 17.8 Å². The molecule has 0 fully saturated rings. The Kier molecular flexibility index (Phi) is 5.12. The molecule has 0 bridgehead atoms. The number of hydrogen-bond acceptors (Lipinski definition) is 4. The van der Waals surface area contributed by atoms with E-state index in [9.17, 15) is 15.2 Å². The van der Waals surface area contributed by atoms with Crippen molar-refractivity contribution in [1.29, 1.82) is 0 Å². The van der Waals surface area contributed by atoms with Crippen molar-refractivity contribution in [2.75, 3.05) is 11.9 Å². The molecule has 1 atom stereocenters. The Morgan fingerprint density at radius 1 is 1.27 bits per heavy atom. The maximum Gasteiger partial charge on any atom is 0.292 e. The standard InChI is InChI=1S/C17H20N2O3/c1-12-4-3-5-15(8-12)13(2)10-18-16-9-14(11-20)6-7-17(16)19(21)22/h3-9,13,18,20H,10-11H2,1-2H3. The number of nitrogens with zero attached hydrogens (tertiary/aromatic N) is 1.